The highest BCUT2D eigenvalue weighted by Gasteiger charge is 2.41. The third kappa shape index (κ3) is 7.53. The fraction of sp³-hybridized carbons (Fsp3) is 0.395. The van der Waals surface area contributed by atoms with E-state index in [0.717, 1.165) is 36.9 Å². The maximum absolute atomic E-state index is 13.4. The minimum atomic E-state index is -0.829. The van der Waals surface area contributed by atoms with Crippen LogP contribution in [0, 0.1) is 0 Å². The van der Waals surface area contributed by atoms with Crippen LogP contribution in [-0.4, -0.2) is 83.0 Å². The molecule has 6 rings (SSSR count). The molecule has 3 aromatic rings. The van der Waals surface area contributed by atoms with Gasteiger partial charge in [-0.3, -0.25) is 19.4 Å². The van der Waals surface area contributed by atoms with Crippen molar-refractivity contribution in [2.24, 2.45) is 19.1 Å². The van der Waals surface area contributed by atoms with Gasteiger partial charge in [-0.25, -0.2) is 4.79 Å². The summed E-state index contributed by atoms with van der Waals surface area (Å²) in [6.07, 6.45) is 11.2. The van der Waals surface area contributed by atoms with Crippen LogP contribution in [0.3, 0.4) is 0 Å². The molecule has 4 heterocycles. The smallest absolute Gasteiger partial charge is 0.354 e. The molecule has 13 nitrogen and oxygen atoms in total. The molecule has 1 fully saturated rings. The summed E-state index contributed by atoms with van der Waals surface area (Å²) < 4.78 is 20.2. The number of esters is 1. The van der Waals surface area contributed by atoms with Gasteiger partial charge in [0.2, 0.25) is 5.91 Å². The largest absolute Gasteiger partial charge is 0.498 e. The molecule has 1 saturated heterocycles. The summed E-state index contributed by atoms with van der Waals surface area (Å²) in [4.78, 5) is 57.9. The number of aliphatic imine (C=N–C) groups is 1. The third-order valence-corrected chi connectivity index (χ3v) is 9.64. The Hall–Kier alpha value is -5.43. The lowest BCUT2D eigenvalue weighted by atomic mass is 9.88. The quantitative estimate of drug-likeness (QED) is 0.207. The summed E-state index contributed by atoms with van der Waals surface area (Å²) in [7, 11) is 6.42. The number of benzene rings is 1. The number of fused-ring (bicyclic) bond motifs is 1. The Morgan fingerprint density at radius 1 is 0.961 bits per heavy atom. The van der Waals surface area contributed by atoms with Crippen molar-refractivity contribution in [2.45, 2.75) is 57.1 Å². The molecule has 268 valence electrons. The molecular formula is C38H44N6O7. The lowest BCUT2D eigenvalue weighted by Gasteiger charge is -2.36. The normalized spacial score (nSPS) is 19.9. The summed E-state index contributed by atoms with van der Waals surface area (Å²) in [5.74, 6) is -0.415. The zero-order chi connectivity index (χ0) is 36.3. The van der Waals surface area contributed by atoms with E-state index in [4.69, 9.17) is 19.2 Å². The molecule has 2 aliphatic heterocycles. The Balaban J connectivity index is 0.996. The molecular weight excluding hydrogens is 652 g/mol. The Kier molecular flexibility index (Phi) is 10.3. The second kappa shape index (κ2) is 14.8. The van der Waals surface area contributed by atoms with Crippen LogP contribution in [0.2, 0.25) is 0 Å². The number of piperidine rings is 1. The SMILES string of the molecule is COC(=O)c1cc(-c2ccc(NC(=O)c3cc(NC(=O)CCCOC4(C)CC5=C(C=C4OC)C(=O)N4CCCC[C@H]4C=N5)cn3C)cc2)cn1C. The van der Waals surface area contributed by atoms with Crippen molar-refractivity contribution in [2.75, 3.05) is 38.0 Å². The van der Waals surface area contributed by atoms with Crippen LogP contribution >= 0.6 is 0 Å². The average Bonchev–Trinajstić information content (AvgIpc) is 3.66. The summed E-state index contributed by atoms with van der Waals surface area (Å²) in [6, 6.07) is 10.7. The van der Waals surface area contributed by atoms with Crippen molar-refractivity contribution in [3.05, 3.63) is 83.3 Å². The number of nitrogens with one attached hydrogen (secondary N) is 2. The van der Waals surface area contributed by atoms with E-state index >= 15 is 0 Å². The molecule has 0 radical (unpaired) electrons. The van der Waals surface area contributed by atoms with Crippen LogP contribution in [0.25, 0.3) is 11.1 Å². The van der Waals surface area contributed by atoms with Crippen molar-refractivity contribution in [3.63, 3.8) is 0 Å². The number of hydrogen-bond donors (Lipinski definition) is 2. The number of carbonyl (C=O) groups excluding carboxylic acids is 4. The number of methoxy groups -OCH3 is 2. The fourth-order valence-electron chi connectivity index (χ4n) is 6.84. The van der Waals surface area contributed by atoms with Gasteiger partial charge in [0.25, 0.3) is 11.8 Å². The van der Waals surface area contributed by atoms with Crippen LogP contribution in [0.4, 0.5) is 11.4 Å². The van der Waals surface area contributed by atoms with Gasteiger partial charge in [-0.1, -0.05) is 12.1 Å². The minimum Gasteiger partial charge on any atom is -0.498 e. The van der Waals surface area contributed by atoms with E-state index in [1.54, 1.807) is 66.9 Å². The summed E-state index contributed by atoms with van der Waals surface area (Å²) in [5.41, 5.74) is 4.06. The van der Waals surface area contributed by atoms with E-state index in [1.165, 1.54) is 7.11 Å². The predicted molar refractivity (Wildman–Crippen MR) is 192 cm³/mol. The van der Waals surface area contributed by atoms with E-state index in [9.17, 15) is 19.2 Å². The number of aromatic nitrogens is 2. The summed E-state index contributed by atoms with van der Waals surface area (Å²) >= 11 is 0. The van der Waals surface area contributed by atoms with Crippen LogP contribution in [0.1, 0.15) is 66.4 Å². The summed E-state index contributed by atoms with van der Waals surface area (Å²) in [6.45, 7) is 2.93. The number of carbonyl (C=O) groups is 4. The minimum absolute atomic E-state index is 0.0149. The van der Waals surface area contributed by atoms with Gasteiger partial charge in [0.05, 0.1) is 37.2 Å². The Labute approximate surface area is 296 Å². The molecule has 2 N–H and O–H groups in total. The second-order valence-electron chi connectivity index (χ2n) is 13.3. The molecule has 51 heavy (non-hydrogen) atoms. The van der Waals surface area contributed by atoms with Gasteiger partial charge in [-0.2, -0.15) is 0 Å². The lowest BCUT2D eigenvalue weighted by Crippen LogP contribution is -2.45. The molecule has 3 aliphatic rings. The average molecular weight is 697 g/mol. The highest BCUT2D eigenvalue weighted by Crippen LogP contribution is 2.39. The molecule has 2 aromatic heterocycles. The first-order valence-corrected chi connectivity index (χ1v) is 17.1. The van der Waals surface area contributed by atoms with E-state index in [2.05, 4.69) is 10.6 Å². The number of rotatable bonds is 11. The van der Waals surface area contributed by atoms with Crippen molar-refractivity contribution < 1.29 is 33.4 Å². The van der Waals surface area contributed by atoms with Crippen molar-refractivity contribution in [3.8, 4) is 11.1 Å². The van der Waals surface area contributed by atoms with E-state index in [0.29, 0.717) is 52.6 Å². The van der Waals surface area contributed by atoms with Crippen LogP contribution < -0.4 is 10.6 Å². The topological polar surface area (TPSA) is 145 Å². The molecule has 1 unspecified atom stereocenters. The van der Waals surface area contributed by atoms with Gasteiger partial charge in [-0.05, 0) is 68.5 Å². The Bertz CT molecular complexity index is 1930. The monoisotopic (exact) mass is 696 g/mol. The maximum Gasteiger partial charge on any atom is 0.354 e. The Morgan fingerprint density at radius 3 is 2.47 bits per heavy atom. The van der Waals surface area contributed by atoms with Gasteiger partial charge in [0.1, 0.15) is 22.7 Å². The number of amides is 3. The number of hydrogen-bond acceptors (Lipinski definition) is 8. The predicted octanol–water partition coefficient (Wildman–Crippen LogP) is 5.22. The van der Waals surface area contributed by atoms with Crippen molar-refractivity contribution in [1.82, 2.24) is 14.0 Å². The van der Waals surface area contributed by atoms with Gasteiger partial charge in [-0.15, -0.1) is 0 Å². The molecule has 0 saturated carbocycles. The molecule has 0 spiro atoms. The summed E-state index contributed by atoms with van der Waals surface area (Å²) in [5, 5.41) is 5.77. The number of aryl methyl sites for hydroxylation is 2. The lowest BCUT2D eigenvalue weighted by molar-refractivity contribution is -0.129. The first-order valence-electron chi connectivity index (χ1n) is 17.1. The van der Waals surface area contributed by atoms with E-state index < -0.39 is 11.6 Å². The maximum atomic E-state index is 13.4. The van der Waals surface area contributed by atoms with Gasteiger partial charge in [0, 0.05) is 69.9 Å². The number of ether oxygens (including phenoxy) is 3. The highest BCUT2D eigenvalue weighted by atomic mass is 16.5. The molecule has 1 aromatic carbocycles. The first-order chi connectivity index (χ1) is 24.5. The van der Waals surface area contributed by atoms with Gasteiger partial charge in [0.15, 0.2) is 0 Å². The van der Waals surface area contributed by atoms with E-state index in [-0.39, 0.29) is 36.8 Å². The van der Waals surface area contributed by atoms with Crippen molar-refractivity contribution in [1.29, 1.82) is 0 Å². The van der Waals surface area contributed by atoms with Gasteiger partial charge < -0.3 is 38.9 Å². The fourth-order valence-corrected chi connectivity index (χ4v) is 6.84. The molecule has 0 bridgehead atoms. The molecule has 1 aliphatic carbocycles. The molecule has 13 heteroatoms. The van der Waals surface area contributed by atoms with Crippen LogP contribution in [-0.2, 0) is 37.9 Å². The number of nitrogens with zero attached hydrogens (tertiary/aromatic N) is 4. The molecule has 2 atom stereocenters. The third-order valence-electron chi connectivity index (χ3n) is 9.64. The second-order valence-corrected chi connectivity index (χ2v) is 13.3. The van der Waals surface area contributed by atoms with Crippen LogP contribution in [0.5, 0.6) is 0 Å². The van der Waals surface area contributed by atoms with Crippen LogP contribution in [0.15, 0.2) is 76.9 Å². The zero-order valence-electron chi connectivity index (χ0n) is 29.7. The molecule has 3 amide bonds. The highest BCUT2D eigenvalue weighted by molar-refractivity contribution is 6.05. The van der Waals surface area contributed by atoms with E-state index in [1.807, 2.05) is 36.4 Å². The van der Waals surface area contributed by atoms with Gasteiger partial charge >= 0.3 is 5.97 Å². The van der Waals surface area contributed by atoms with Crippen molar-refractivity contribution >= 4 is 41.3 Å². The number of anilines is 2. The zero-order valence-corrected chi connectivity index (χ0v) is 29.7. The first kappa shape index (κ1) is 35.4. The Morgan fingerprint density at radius 2 is 1.73 bits per heavy atom. The standard InChI is InChI=1S/C38H44N6O7/c1-38(20-30-29(19-33(38)49-4)36(47)44-15-7-6-9-28(44)21-39-30)51-16-8-10-34(45)40-27-18-31(43(3)23-27)35(46)41-26-13-11-24(12-14-26)25-17-32(37(48)50-5)42(2)22-25/h11-14,17-19,21-23,28H,6-10,15-16,20H2,1-5H3,(H,40,45)(H,41,46)/t28-,38?/m0/s1.